The number of aliphatic imine (C=N–C) groups is 1. The first-order valence-corrected chi connectivity index (χ1v) is 8.33. The molecule has 0 bridgehead atoms. The second-order valence-corrected chi connectivity index (χ2v) is 6.70. The zero-order valence-electron chi connectivity index (χ0n) is 14.0. The summed E-state index contributed by atoms with van der Waals surface area (Å²) in [6.07, 6.45) is 6.67. The second kappa shape index (κ2) is 9.87. The van der Waals surface area contributed by atoms with Crippen molar-refractivity contribution in [3.05, 3.63) is 0 Å². The fourth-order valence-electron chi connectivity index (χ4n) is 3.45. The lowest BCUT2D eigenvalue weighted by molar-refractivity contribution is 0.212. The molecule has 1 atom stereocenters. The van der Waals surface area contributed by atoms with Crippen molar-refractivity contribution in [1.29, 1.82) is 0 Å². The zero-order valence-corrected chi connectivity index (χ0v) is 16.3. The molecular formula is C16H33IN4. The van der Waals surface area contributed by atoms with Gasteiger partial charge in [-0.1, -0.05) is 6.92 Å². The van der Waals surface area contributed by atoms with E-state index in [2.05, 4.69) is 34.1 Å². The Labute approximate surface area is 147 Å². The molecule has 2 saturated heterocycles. The van der Waals surface area contributed by atoms with Gasteiger partial charge in [0.05, 0.1) is 0 Å². The van der Waals surface area contributed by atoms with Gasteiger partial charge >= 0.3 is 0 Å². The fraction of sp³-hybridized carbons (Fsp3) is 0.938. The van der Waals surface area contributed by atoms with Crippen molar-refractivity contribution in [2.75, 3.05) is 46.8 Å². The Morgan fingerprint density at radius 3 is 2.52 bits per heavy atom. The highest BCUT2D eigenvalue weighted by atomic mass is 127. The molecule has 0 amide bonds. The van der Waals surface area contributed by atoms with Crippen LogP contribution in [0.15, 0.2) is 4.99 Å². The topological polar surface area (TPSA) is 30.9 Å². The summed E-state index contributed by atoms with van der Waals surface area (Å²) < 4.78 is 0. The van der Waals surface area contributed by atoms with Crippen molar-refractivity contribution < 1.29 is 0 Å². The summed E-state index contributed by atoms with van der Waals surface area (Å²) in [6.45, 7) is 8.28. The highest BCUT2D eigenvalue weighted by Gasteiger charge is 2.20. The molecule has 0 saturated carbocycles. The van der Waals surface area contributed by atoms with Crippen molar-refractivity contribution in [2.45, 2.75) is 39.0 Å². The van der Waals surface area contributed by atoms with Crippen molar-refractivity contribution in [1.82, 2.24) is 15.1 Å². The van der Waals surface area contributed by atoms with Crippen LogP contribution in [0.4, 0.5) is 0 Å². The molecule has 2 aliphatic rings. The number of piperidine rings is 2. The Morgan fingerprint density at radius 1 is 1.19 bits per heavy atom. The van der Waals surface area contributed by atoms with Crippen LogP contribution in [0.1, 0.15) is 39.0 Å². The Balaban J connectivity index is 0.00000220. The molecule has 1 unspecified atom stereocenters. The van der Waals surface area contributed by atoms with Crippen LogP contribution in [0.25, 0.3) is 0 Å². The average molecular weight is 408 g/mol. The van der Waals surface area contributed by atoms with Gasteiger partial charge in [0.25, 0.3) is 0 Å². The number of hydrogen-bond acceptors (Lipinski definition) is 2. The number of guanidine groups is 1. The van der Waals surface area contributed by atoms with Crippen LogP contribution in [0.2, 0.25) is 0 Å². The summed E-state index contributed by atoms with van der Waals surface area (Å²) in [4.78, 5) is 9.34. The summed E-state index contributed by atoms with van der Waals surface area (Å²) in [5, 5.41) is 3.58. The molecule has 0 aliphatic carbocycles. The molecule has 2 aliphatic heterocycles. The smallest absolute Gasteiger partial charge is 0.193 e. The molecule has 1 N–H and O–H groups in total. The van der Waals surface area contributed by atoms with Crippen LogP contribution in [0.5, 0.6) is 0 Å². The number of halogens is 1. The minimum absolute atomic E-state index is 0. The number of nitrogens with zero attached hydrogens (tertiary/aromatic N) is 3. The van der Waals surface area contributed by atoms with Crippen molar-refractivity contribution in [3.63, 3.8) is 0 Å². The fourth-order valence-corrected chi connectivity index (χ4v) is 3.45. The predicted molar refractivity (Wildman–Crippen MR) is 102 cm³/mol. The van der Waals surface area contributed by atoms with E-state index in [1.165, 1.54) is 45.2 Å². The maximum atomic E-state index is 4.46. The molecule has 4 nitrogen and oxygen atoms in total. The first kappa shape index (κ1) is 19.0. The SMILES string of the molecule is CN=C(NCCC1CCN(C)CC1)N1CCCC(C)C1.I. The van der Waals surface area contributed by atoms with Gasteiger partial charge in [0, 0.05) is 26.7 Å². The van der Waals surface area contributed by atoms with Gasteiger partial charge < -0.3 is 15.1 Å². The van der Waals surface area contributed by atoms with Gasteiger partial charge in [0.2, 0.25) is 0 Å². The van der Waals surface area contributed by atoms with E-state index in [0.717, 1.165) is 37.4 Å². The van der Waals surface area contributed by atoms with E-state index in [1.807, 2.05) is 7.05 Å². The van der Waals surface area contributed by atoms with Gasteiger partial charge in [-0.3, -0.25) is 4.99 Å². The number of hydrogen-bond donors (Lipinski definition) is 1. The Hall–Kier alpha value is -0.0400. The number of nitrogens with one attached hydrogen (secondary N) is 1. The van der Waals surface area contributed by atoms with Crippen LogP contribution in [-0.4, -0.2) is 62.6 Å². The van der Waals surface area contributed by atoms with Gasteiger partial charge in [-0.05, 0) is 64.1 Å². The van der Waals surface area contributed by atoms with Gasteiger partial charge in [-0.25, -0.2) is 0 Å². The van der Waals surface area contributed by atoms with E-state index in [0.29, 0.717) is 0 Å². The first-order chi connectivity index (χ1) is 9.69. The third kappa shape index (κ3) is 6.30. The summed E-state index contributed by atoms with van der Waals surface area (Å²) in [6, 6.07) is 0. The van der Waals surface area contributed by atoms with Crippen molar-refractivity contribution in [3.8, 4) is 0 Å². The molecule has 0 aromatic rings. The number of rotatable bonds is 3. The minimum Gasteiger partial charge on any atom is -0.356 e. The lowest BCUT2D eigenvalue weighted by Crippen LogP contribution is -2.46. The van der Waals surface area contributed by atoms with E-state index >= 15 is 0 Å². The lowest BCUT2D eigenvalue weighted by atomic mass is 9.94. The molecule has 0 aromatic carbocycles. The van der Waals surface area contributed by atoms with Gasteiger partial charge in [0.1, 0.15) is 0 Å². The van der Waals surface area contributed by atoms with Gasteiger partial charge in [-0.15, -0.1) is 24.0 Å². The van der Waals surface area contributed by atoms with Gasteiger partial charge in [0.15, 0.2) is 5.96 Å². The summed E-state index contributed by atoms with van der Waals surface area (Å²) in [7, 11) is 4.14. The predicted octanol–water partition coefficient (Wildman–Crippen LogP) is 2.64. The Bertz CT molecular complexity index is 313. The van der Waals surface area contributed by atoms with Crippen molar-refractivity contribution >= 4 is 29.9 Å². The molecule has 2 heterocycles. The van der Waals surface area contributed by atoms with E-state index in [4.69, 9.17) is 0 Å². The summed E-state index contributed by atoms with van der Waals surface area (Å²) in [5.41, 5.74) is 0. The number of likely N-dealkylation sites (tertiary alicyclic amines) is 2. The zero-order chi connectivity index (χ0) is 14.4. The molecule has 0 aromatic heterocycles. The van der Waals surface area contributed by atoms with Gasteiger partial charge in [-0.2, -0.15) is 0 Å². The monoisotopic (exact) mass is 408 g/mol. The molecule has 2 fully saturated rings. The largest absolute Gasteiger partial charge is 0.356 e. The molecule has 0 radical (unpaired) electrons. The highest BCUT2D eigenvalue weighted by molar-refractivity contribution is 14.0. The van der Waals surface area contributed by atoms with Crippen LogP contribution in [-0.2, 0) is 0 Å². The lowest BCUT2D eigenvalue weighted by Gasteiger charge is -2.34. The third-order valence-electron chi connectivity index (χ3n) is 4.84. The van der Waals surface area contributed by atoms with E-state index in [-0.39, 0.29) is 24.0 Å². The normalized spacial score (nSPS) is 25.6. The summed E-state index contributed by atoms with van der Waals surface area (Å²) >= 11 is 0. The second-order valence-electron chi connectivity index (χ2n) is 6.70. The first-order valence-electron chi connectivity index (χ1n) is 8.33. The maximum Gasteiger partial charge on any atom is 0.193 e. The standard InChI is InChI=1S/C16H32N4.HI/c1-14-5-4-10-20(13-14)16(17-2)18-9-6-15-7-11-19(3)12-8-15;/h14-15H,4-13H2,1-3H3,(H,17,18);1H. The Kier molecular flexibility index (Phi) is 8.94. The van der Waals surface area contributed by atoms with E-state index in [9.17, 15) is 0 Å². The molecule has 2 rings (SSSR count). The van der Waals surface area contributed by atoms with Crippen molar-refractivity contribution in [2.24, 2.45) is 16.8 Å². The Morgan fingerprint density at radius 2 is 1.90 bits per heavy atom. The van der Waals surface area contributed by atoms with Crippen LogP contribution in [0, 0.1) is 11.8 Å². The average Bonchev–Trinajstić information content (AvgIpc) is 2.45. The molecule has 0 spiro atoms. The minimum atomic E-state index is 0. The van der Waals surface area contributed by atoms with E-state index in [1.54, 1.807) is 0 Å². The van der Waals surface area contributed by atoms with Crippen LogP contribution >= 0.6 is 24.0 Å². The van der Waals surface area contributed by atoms with E-state index < -0.39 is 0 Å². The molecule has 124 valence electrons. The summed E-state index contributed by atoms with van der Waals surface area (Å²) in [5.74, 6) is 2.82. The third-order valence-corrected chi connectivity index (χ3v) is 4.84. The highest BCUT2D eigenvalue weighted by Crippen LogP contribution is 2.19. The molecule has 21 heavy (non-hydrogen) atoms. The maximum absolute atomic E-state index is 4.46. The van der Waals surface area contributed by atoms with Crippen LogP contribution in [0.3, 0.4) is 0 Å². The molecular weight excluding hydrogens is 375 g/mol. The van der Waals surface area contributed by atoms with Crippen LogP contribution < -0.4 is 5.32 Å². The quantitative estimate of drug-likeness (QED) is 0.443. The molecule has 5 heteroatoms.